The second-order valence-corrected chi connectivity index (χ2v) is 4.77. The third-order valence-corrected chi connectivity index (χ3v) is 3.01. The van der Waals surface area contributed by atoms with Crippen LogP contribution >= 0.6 is 11.6 Å². The third-order valence-electron chi connectivity index (χ3n) is 2.77. The van der Waals surface area contributed by atoms with Crippen molar-refractivity contribution in [3.05, 3.63) is 29.0 Å². The van der Waals surface area contributed by atoms with E-state index < -0.39 is 17.8 Å². The van der Waals surface area contributed by atoms with Gasteiger partial charge in [0.25, 0.3) is 0 Å². The van der Waals surface area contributed by atoms with Crippen LogP contribution in [-0.4, -0.2) is 23.7 Å². The molecule has 7 heteroatoms. The molecule has 0 aliphatic rings. The molecule has 110 valence electrons. The molecule has 2 amide bonds. The summed E-state index contributed by atoms with van der Waals surface area (Å²) in [7, 11) is 0. The molecule has 1 aromatic rings. The van der Waals surface area contributed by atoms with Crippen LogP contribution in [0.3, 0.4) is 0 Å². The first-order chi connectivity index (χ1) is 9.42. The maximum Gasteiger partial charge on any atom is 0.319 e. The Morgan fingerprint density at radius 1 is 1.45 bits per heavy atom. The van der Waals surface area contributed by atoms with Gasteiger partial charge in [-0.2, -0.15) is 0 Å². The van der Waals surface area contributed by atoms with E-state index in [0.29, 0.717) is 6.42 Å². The summed E-state index contributed by atoms with van der Waals surface area (Å²) >= 11 is 5.60. The van der Waals surface area contributed by atoms with Crippen LogP contribution in [0.15, 0.2) is 18.2 Å². The zero-order valence-corrected chi connectivity index (χ0v) is 11.7. The third kappa shape index (κ3) is 5.44. The number of aliphatic carboxylic acids is 1. The normalized spacial score (nSPS) is 11.8. The van der Waals surface area contributed by atoms with Gasteiger partial charge in [0.2, 0.25) is 0 Å². The molecule has 0 aliphatic heterocycles. The van der Waals surface area contributed by atoms with Crippen LogP contribution in [0.5, 0.6) is 0 Å². The van der Waals surface area contributed by atoms with Crippen molar-refractivity contribution in [3.63, 3.8) is 0 Å². The average Bonchev–Trinajstić information content (AvgIpc) is 2.37. The number of amides is 2. The maximum atomic E-state index is 13.4. The van der Waals surface area contributed by atoms with E-state index in [0.717, 1.165) is 6.07 Å². The van der Waals surface area contributed by atoms with E-state index in [-0.39, 0.29) is 29.6 Å². The monoisotopic (exact) mass is 302 g/mol. The minimum absolute atomic E-state index is 0.0122. The highest BCUT2D eigenvalue weighted by Gasteiger charge is 2.13. The van der Waals surface area contributed by atoms with Crippen LogP contribution in [0.1, 0.15) is 19.8 Å². The molecule has 20 heavy (non-hydrogen) atoms. The number of rotatable bonds is 6. The van der Waals surface area contributed by atoms with Crippen molar-refractivity contribution in [2.75, 3.05) is 11.9 Å². The highest BCUT2D eigenvalue weighted by atomic mass is 35.5. The van der Waals surface area contributed by atoms with Crippen molar-refractivity contribution >= 4 is 29.3 Å². The second-order valence-electron chi connectivity index (χ2n) is 4.33. The molecule has 1 atom stereocenters. The smallest absolute Gasteiger partial charge is 0.319 e. The lowest BCUT2D eigenvalue weighted by Gasteiger charge is -2.14. The summed E-state index contributed by atoms with van der Waals surface area (Å²) in [5, 5.41) is 13.8. The number of carboxylic acid groups (broad SMARTS) is 1. The van der Waals surface area contributed by atoms with Crippen molar-refractivity contribution in [3.8, 4) is 0 Å². The number of benzene rings is 1. The van der Waals surface area contributed by atoms with Crippen molar-refractivity contribution < 1.29 is 19.1 Å². The Labute approximate surface area is 121 Å². The van der Waals surface area contributed by atoms with Crippen LogP contribution in [0.4, 0.5) is 14.9 Å². The summed E-state index contributed by atoms with van der Waals surface area (Å²) in [5.74, 6) is -1.71. The van der Waals surface area contributed by atoms with E-state index in [1.165, 1.54) is 12.1 Å². The van der Waals surface area contributed by atoms with Gasteiger partial charge in [-0.1, -0.05) is 24.9 Å². The van der Waals surface area contributed by atoms with Crippen LogP contribution in [0, 0.1) is 11.7 Å². The lowest BCUT2D eigenvalue weighted by molar-refractivity contribution is -0.138. The molecular formula is C13H16ClFN2O3. The molecule has 0 aromatic heterocycles. The number of urea groups is 1. The summed E-state index contributed by atoms with van der Waals surface area (Å²) in [6.07, 6.45) is 0.605. The molecule has 3 N–H and O–H groups in total. The minimum atomic E-state index is -0.914. The maximum absolute atomic E-state index is 13.4. The molecule has 0 aliphatic carbocycles. The molecule has 1 aromatic carbocycles. The van der Waals surface area contributed by atoms with E-state index in [9.17, 15) is 14.0 Å². The highest BCUT2D eigenvalue weighted by Crippen LogP contribution is 2.18. The number of carboxylic acids is 1. The van der Waals surface area contributed by atoms with Crippen molar-refractivity contribution in [1.29, 1.82) is 0 Å². The number of nitrogens with one attached hydrogen (secondary N) is 2. The van der Waals surface area contributed by atoms with Crippen LogP contribution in [0.25, 0.3) is 0 Å². The summed E-state index contributed by atoms with van der Waals surface area (Å²) in [5.41, 5.74) is 0.0122. The number of hydrogen-bond donors (Lipinski definition) is 3. The molecule has 0 bridgehead atoms. The van der Waals surface area contributed by atoms with Crippen molar-refractivity contribution in [2.24, 2.45) is 5.92 Å². The lowest BCUT2D eigenvalue weighted by Crippen LogP contribution is -2.33. The quantitative estimate of drug-likeness (QED) is 0.755. The van der Waals surface area contributed by atoms with Gasteiger partial charge in [0, 0.05) is 18.0 Å². The van der Waals surface area contributed by atoms with E-state index >= 15 is 0 Å². The molecule has 0 radical (unpaired) electrons. The van der Waals surface area contributed by atoms with Crippen LogP contribution in [0.2, 0.25) is 5.02 Å². The first-order valence-corrected chi connectivity index (χ1v) is 6.51. The number of hydrogen-bond acceptors (Lipinski definition) is 2. The van der Waals surface area contributed by atoms with Crippen LogP contribution < -0.4 is 10.6 Å². The Hall–Kier alpha value is -1.82. The zero-order chi connectivity index (χ0) is 15.1. The van der Waals surface area contributed by atoms with Gasteiger partial charge in [-0.05, 0) is 24.1 Å². The van der Waals surface area contributed by atoms with Gasteiger partial charge in [-0.25, -0.2) is 9.18 Å². The van der Waals surface area contributed by atoms with E-state index in [1.807, 2.05) is 6.92 Å². The predicted molar refractivity (Wildman–Crippen MR) is 74.5 cm³/mol. The molecule has 0 heterocycles. The SMILES string of the molecule is CCC(CNC(=O)Nc1ccc(Cl)cc1F)CC(=O)O. The standard InChI is InChI=1S/C13H16ClFN2O3/c1-2-8(5-12(18)19)7-16-13(20)17-11-4-3-9(14)6-10(11)15/h3-4,6,8H,2,5,7H2,1H3,(H,18,19)(H2,16,17,20). The Morgan fingerprint density at radius 3 is 2.70 bits per heavy atom. The Bertz CT molecular complexity index is 497. The Kier molecular flexibility index (Phi) is 6.24. The Morgan fingerprint density at radius 2 is 2.15 bits per heavy atom. The van der Waals surface area contributed by atoms with Gasteiger partial charge in [0.15, 0.2) is 0 Å². The van der Waals surface area contributed by atoms with Gasteiger partial charge >= 0.3 is 12.0 Å². The molecule has 0 spiro atoms. The van der Waals surface area contributed by atoms with Gasteiger partial charge in [-0.3, -0.25) is 4.79 Å². The molecule has 1 unspecified atom stereocenters. The zero-order valence-electron chi connectivity index (χ0n) is 11.0. The van der Waals surface area contributed by atoms with E-state index in [1.54, 1.807) is 0 Å². The summed E-state index contributed by atoms with van der Waals surface area (Å²) in [6, 6.07) is 3.32. The van der Waals surface area contributed by atoms with E-state index in [2.05, 4.69) is 10.6 Å². The number of carbonyl (C=O) groups is 2. The largest absolute Gasteiger partial charge is 0.481 e. The van der Waals surface area contributed by atoms with Crippen molar-refractivity contribution in [1.82, 2.24) is 5.32 Å². The summed E-state index contributed by atoms with van der Waals surface area (Å²) in [4.78, 5) is 22.2. The fourth-order valence-corrected chi connectivity index (χ4v) is 1.76. The predicted octanol–water partition coefficient (Wildman–Crippen LogP) is 3.10. The van der Waals surface area contributed by atoms with Crippen LogP contribution in [-0.2, 0) is 4.79 Å². The number of halogens is 2. The topological polar surface area (TPSA) is 78.4 Å². The van der Waals surface area contributed by atoms with Gasteiger partial charge in [-0.15, -0.1) is 0 Å². The van der Waals surface area contributed by atoms with Gasteiger partial charge < -0.3 is 15.7 Å². The highest BCUT2D eigenvalue weighted by molar-refractivity contribution is 6.30. The fourth-order valence-electron chi connectivity index (χ4n) is 1.60. The average molecular weight is 303 g/mol. The van der Waals surface area contributed by atoms with Gasteiger partial charge in [0.05, 0.1) is 5.69 Å². The van der Waals surface area contributed by atoms with Crippen molar-refractivity contribution in [2.45, 2.75) is 19.8 Å². The molecular weight excluding hydrogens is 287 g/mol. The number of anilines is 1. The molecule has 1 rings (SSSR count). The molecule has 0 fully saturated rings. The molecule has 0 saturated carbocycles. The first kappa shape index (κ1) is 16.2. The second kappa shape index (κ2) is 7.69. The molecule has 5 nitrogen and oxygen atoms in total. The number of carbonyl (C=O) groups excluding carboxylic acids is 1. The molecule has 0 saturated heterocycles. The van der Waals surface area contributed by atoms with Gasteiger partial charge in [0.1, 0.15) is 5.82 Å². The fraction of sp³-hybridized carbons (Fsp3) is 0.385. The summed E-state index contributed by atoms with van der Waals surface area (Å²) in [6.45, 7) is 2.05. The van der Waals surface area contributed by atoms with E-state index in [4.69, 9.17) is 16.7 Å². The minimum Gasteiger partial charge on any atom is -0.481 e. The first-order valence-electron chi connectivity index (χ1n) is 6.14. The Balaban J connectivity index is 2.49. The lowest BCUT2D eigenvalue weighted by atomic mass is 10.0. The summed E-state index contributed by atoms with van der Waals surface area (Å²) < 4.78 is 13.4.